The molecule has 0 rings (SSSR count). The van der Waals surface area contributed by atoms with Crippen LogP contribution < -0.4 is 5.32 Å². The lowest BCUT2D eigenvalue weighted by Crippen LogP contribution is -2.44. The number of methoxy groups -OCH3 is 1. The molecule has 0 bridgehead atoms. The molecule has 0 aromatic carbocycles. The quantitative estimate of drug-likeness (QED) is 0.622. The molecule has 1 atom stereocenters. The third-order valence-electron chi connectivity index (χ3n) is 2.84. The summed E-state index contributed by atoms with van der Waals surface area (Å²) in [6.07, 6.45) is 0.601. The Kier molecular flexibility index (Phi) is 7.32. The highest BCUT2D eigenvalue weighted by atomic mass is 16.6. The fourth-order valence-electron chi connectivity index (χ4n) is 1.45. The van der Waals surface area contributed by atoms with Gasteiger partial charge in [0.2, 0.25) is 0 Å². The van der Waals surface area contributed by atoms with Crippen molar-refractivity contribution in [3.05, 3.63) is 11.1 Å². The zero-order valence-electron chi connectivity index (χ0n) is 13.6. The van der Waals surface area contributed by atoms with E-state index < -0.39 is 23.7 Å². The number of amides is 1. The first kappa shape index (κ1) is 18.5. The van der Waals surface area contributed by atoms with Crippen molar-refractivity contribution < 1.29 is 19.1 Å². The molecule has 0 heterocycles. The van der Waals surface area contributed by atoms with Gasteiger partial charge in [-0.1, -0.05) is 11.1 Å². The molecule has 0 aliphatic heterocycles. The second-order valence-electron chi connectivity index (χ2n) is 6.04. The van der Waals surface area contributed by atoms with Crippen LogP contribution in [0.5, 0.6) is 0 Å². The minimum absolute atomic E-state index is 0.461. The van der Waals surface area contributed by atoms with E-state index in [1.165, 1.54) is 18.3 Å². The number of esters is 1. The smallest absolute Gasteiger partial charge is 0.408 e. The van der Waals surface area contributed by atoms with Gasteiger partial charge >= 0.3 is 12.1 Å². The van der Waals surface area contributed by atoms with Crippen molar-refractivity contribution in [2.75, 3.05) is 7.11 Å². The van der Waals surface area contributed by atoms with Gasteiger partial charge in [-0.05, 0) is 54.4 Å². The van der Waals surface area contributed by atoms with Crippen LogP contribution in [-0.4, -0.2) is 30.8 Å². The SMILES string of the molecule is COC(=O)[C@@H](CCC(C)=C(C)C)NC(=O)OC(C)(C)C. The van der Waals surface area contributed by atoms with E-state index in [1.54, 1.807) is 20.8 Å². The average molecular weight is 285 g/mol. The molecule has 0 unspecified atom stereocenters. The Balaban J connectivity index is 4.63. The van der Waals surface area contributed by atoms with Crippen LogP contribution in [0.3, 0.4) is 0 Å². The molecule has 0 radical (unpaired) electrons. The Morgan fingerprint density at radius 1 is 1.15 bits per heavy atom. The highest BCUT2D eigenvalue weighted by molar-refractivity contribution is 5.81. The summed E-state index contributed by atoms with van der Waals surface area (Å²) in [4.78, 5) is 23.4. The molecule has 0 aliphatic carbocycles. The van der Waals surface area contributed by atoms with E-state index in [9.17, 15) is 9.59 Å². The van der Waals surface area contributed by atoms with Crippen molar-refractivity contribution in [1.82, 2.24) is 5.32 Å². The zero-order chi connectivity index (χ0) is 15.9. The number of carbonyl (C=O) groups is 2. The number of nitrogens with one attached hydrogen (secondary N) is 1. The van der Waals surface area contributed by atoms with Crippen molar-refractivity contribution in [1.29, 1.82) is 0 Å². The number of hydrogen-bond donors (Lipinski definition) is 1. The fourth-order valence-corrected chi connectivity index (χ4v) is 1.45. The number of rotatable bonds is 5. The number of alkyl carbamates (subject to hydrolysis) is 1. The molecule has 0 aliphatic rings. The second-order valence-corrected chi connectivity index (χ2v) is 6.04. The first-order valence-corrected chi connectivity index (χ1v) is 6.77. The number of allylic oxidation sites excluding steroid dienone is 2. The minimum Gasteiger partial charge on any atom is -0.467 e. The van der Waals surface area contributed by atoms with Crippen LogP contribution >= 0.6 is 0 Å². The summed E-state index contributed by atoms with van der Waals surface area (Å²) >= 11 is 0. The van der Waals surface area contributed by atoms with Gasteiger partial charge in [-0.15, -0.1) is 0 Å². The number of ether oxygens (including phenoxy) is 2. The molecule has 0 saturated carbocycles. The van der Waals surface area contributed by atoms with Crippen molar-refractivity contribution in [3.63, 3.8) is 0 Å². The Labute approximate surface area is 121 Å². The average Bonchev–Trinajstić information content (AvgIpc) is 2.30. The summed E-state index contributed by atoms with van der Waals surface area (Å²) in [6, 6.07) is -0.691. The third-order valence-corrected chi connectivity index (χ3v) is 2.84. The van der Waals surface area contributed by atoms with Gasteiger partial charge in [0.15, 0.2) is 0 Å². The van der Waals surface area contributed by atoms with E-state index in [0.717, 1.165) is 6.42 Å². The van der Waals surface area contributed by atoms with Crippen LogP contribution in [0.15, 0.2) is 11.1 Å². The first-order valence-electron chi connectivity index (χ1n) is 6.77. The summed E-state index contributed by atoms with van der Waals surface area (Å²) in [7, 11) is 1.31. The molecule has 0 spiro atoms. The Morgan fingerprint density at radius 3 is 2.10 bits per heavy atom. The van der Waals surface area contributed by atoms with E-state index in [-0.39, 0.29) is 0 Å². The largest absolute Gasteiger partial charge is 0.467 e. The highest BCUT2D eigenvalue weighted by Crippen LogP contribution is 2.13. The summed E-state index contributed by atoms with van der Waals surface area (Å²) in [6.45, 7) is 11.4. The van der Waals surface area contributed by atoms with E-state index in [0.29, 0.717) is 6.42 Å². The van der Waals surface area contributed by atoms with E-state index in [2.05, 4.69) is 5.32 Å². The van der Waals surface area contributed by atoms with Crippen molar-refractivity contribution in [2.45, 2.75) is 66.0 Å². The molecule has 0 fully saturated rings. The standard InChI is InChI=1S/C15H27NO4/c1-10(2)11(3)8-9-12(13(17)19-7)16-14(18)20-15(4,5)6/h12H,8-9H2,1-7H3,(H,16,18)/t12-/m1/s1. The van der Waals surface area contributed by atoms with E-state index in [4.69, 9.17) is 9.47 Å². The fraction of sp³-hybridized carbons (Fsp3) is 0.733. The Hall–Kier alpha value is -1.52. The van der Waals surface area contributed by atoms with Crippen LogP contribution in [0, 0.1) is 0 Å². The summed E-state index contributed by atoms with van der Waals surface area (Å²) in [5.74, 6) is -0.461. The van der Waals surface area contributed by atoms with Gasteiger partial charge in [0.05, 0.1) is 7.11 Å². The topological polar surface area (TPSA) is 64.6 Å². The Morgan fingerprint density at radius 2 is 1.70 bits per heavy atom. The third kappa shape index (κ3) is 7.81. The van der Waals surface area contributed by atoms with Crippen molar-refractivity contribution in [2.24, 2.45) is 0 Å². The van der Waals surface area contributed by atoms with Crippen LogP contribution in [0.2, 0.25) is 0 Å². The van der Waals surface area contributed by atoms with Gasteiger partial charge in [-0.3, -0.25) is 0 Å². The summed E-state index contributed by atoms with van der Waals surface area (Å²) in [5.41, 5.74) is 1.82. The minimum atomic E-state index is -0.691. The maximum atomic E-state index is 11.7. The van der Waals surface area contributed by atoms with Crippen LogP contribution in [0.25, 0.3) is 0 Å². The van der Waals surface area contributed by atoms with E-state index in [1.807, 2.05) is 20.8 Å². The van der Waals surface area contributed by atoms with Crippen molar-refractivity contribution >= 4 is 12.1 Å². The predicted molar refractivity (Wildman–Crippen MR) is 78.5 cm³/mol. The molecule has 0 saturated heterocycles. The lowest BCUT2D eigenvalue weighted by Gasteiger charge is -2.22. The van der Waals surface area contributed by atoms with Gasteiger partial charge in [-0.2, -0.15) is 0 Å². The van der Waals surface area contributed by atoms with Crippen LogP contribution in [-0.2, 0) is 14.3 Å². The maximum Gasteiger partial charge on any atom is 0.408 e. The molecule has 1 amide bonds. The van der Waals surface area contributed by atoms with Gasteiger partial charge in [0, 0.05) is 0 Å². The normalized spacial score (nSPS) is 12.3. The first-order chi connectivity index (χ1) is 9.06. The van der Waals surface area contributed by atoms with Crippen LogP contribution in [0.4, 0.5) is 4.79 Å². The monoisotopic (exact) mass is 285 g/mol. The molecule has 1 N–H and O–H groups in total. The lowest BCUT2D eigenvalue weighted by atomic mass is 10.0. The second kappa shape index (κ2) is 7.92. The molecule has 116 valence electrons. The molecular weight excluding hydrogens is 258 g/mol. The molecule has 0 aromatic heterocycles. The molecular formula is C15H27NO4. The molecule has 5 nitrogen and oxygen atoms in total. The Bertz CT molecular complexity index is 376. The summed E-state index contributed by atoms with van der Waals surface area (Å²) < 4.78 is 9.86. The highest BCUT2D eigenvalue weighted by Gasteiger charge is 2.24. The summed E-state index contributed by atoms with van der Waals surface area (Å²) in [5, 5.41) is 2.56. The molecule has 5 heteroatoms. The molecule has 20 heavy (non-hydrogen) atoms. The van der Waals surface area contributed by atoms with Gasteiger partial charge in [0.1, 0.15) is 11.6 Å². The number of carbonyl (C=O) groups excluding carboxylic acids is 2. The molecule has 0 aromatic rings. The maximum absolute atomic E-state index is 11.7. The van der Waals surface area contributed by atoms with Gasteiger partial charge in [0.25, 0.3) is 0 Å². The van der Waals surface area contributed by atoms with Crippen molar-refractivity contribution in [3.8, 4) is 0 Å². The van der Waals surface area contributed by atoms with Gasteiger partial charge in [-0.25, -0.2) is 9.59 Å². The zero-order valence-corrected chi connectivity index (χ0v) is 13.6. The van der Waals surface area contributed by atoms with E-state index >= 15 is 0 Å². The van der Waals surface area contributed by atoms with Gasteiger partial charge < -0.3 is 14.8 Å². The predicted octanol–water partition coefficient (Wildman–Crippen LogP) is 3.19. The number of hydrogen-bond acceptors (Lipinski definition) is 4. The lowest BCUT2D eigenvalue weighted by molar-refractivity contribution is -0.143. The van der Waals surface area contributed by atoms with Crippen LogP contribution in [0.1, 0.15) is 54.4 Å².